The highest BCUT2D eigenvalue weighted by atomic mass is 19.1. The van der Waals surface area contributed by atoms with Gasteiger partial charge < -0.3 is 15.2 Å². The zero-order chi connectivity index (χ0) is 31.1. The fourth-order valence-electron chi connectivity index (χ4n) is 4.99. The van der Waals surface area contributed by atoms with Gasteiger partial charge in [0.2, 0.25) is 6.30 Å². The Morgan fingerprint density at radius 1 is 1.02 bits per heavy atom. The van der Waals surface area contributed by atoms with Gasteiger partial charge in [0.05, 0.1) is 11.4 Å². The van der Waals surface area contributed by atoms with Crippen molar-refractivity contribution in [2.75, 3.05) is 29.0 Å². The van der Waals surface area contributed by atoms with E-state index < -0.39 is 18.0 Å². The molecule has 4 heterocycles. The molecule has 3 N–H and O–H groups in total. The third-order valence-electron chi connectivity index (χ3n) is 7.02. The van der Waals surface area contributed by atoms with Gasteiger partial charge in [0.25, 0.3) is 0 Å². The molecule has 1 atom stereocenters. The number of hydrogen-bond donors (Lipinski definition) is 2. The summed E-state index contributed by atoms with van der Waals surface area (Å²) in [5, 5.41) is 2.70. The Labute approximate surface area is 257 Å². The van der Waals surface area contributed by atoms with Crippen LogP contribution in [0.1, 0.15) is 51.2 Å². The first-order valence-electron chi connectivity index (χ1n) is 14.6. The first-order chi connectivity index (χ1) is 21.1. The minimum Gasteiger partial charge on any atom is -0.490 e. The summed E-state index contributed by atoms with van der Waals surface area (Å²) < 4.78 is 27.5. The number of piperidine rings is 1. The number of halogens is 1. The van der Waals surface area contributed by atoms with Crippen LogP contribution in [0.25, 0.3) is 0 Å². The standard InChI is InChI=1S/C33H38FN7O3/c1-33(2,3)44-32(42)39-29-21-23(13-18-37-29)22-40-19-14-26(15-20-40)43-25-11-9-24(10-12-25)41(31-27(35)7-6-17-38-31)30(34)28-8-4-5-16-36-28/h4-13,16-18,21,26,30H,14-15,19-20,22,35H2,1-3H3,(H,37,39,42)/t30-/m1/s1. The molecule has 4 aromatic rings. The summed E-state index contributed by atoms with van der Waals surface area (Å²) in [6.07, 6.45) is 4.49. The number of carbonyl (C=O) groups excluding carboxylic acids is 1. The maximum atomic E-state index is 15.9. The number of rotatable bonds is 9. The summed E-state index contributed by atoms with van der Waals surface area (Å²) in [5.41, 5.74) is 7.86. The molecule has 1 fully saturated rings. The van der Waals surface area contributed by atoms with Crippen LogP contribution in [0.15, 0.2) is 85.3 Å². The van der Waals surface area contributed by atoms with Crippen LogP contribution in [0.3, 0.4) is 0 Å². The van der Waals surface area contributed by atoms with E-state index in [2.05, 4.69) is 25.2 Å². The van der Waals surface area contributed by atoms with Crippen LogP contribution < -0.4 is 20.7 Å². The Morgan fingerprint density at radius 3 is 2.45 bits per heavy atom. The van der Waals surface area contributed by atoms with Crippen LogP contribution in [0.4, 0.5) is 32.2 Å². The van der Waals surface area contributed by atoms with Gasteiger partial charge in [-0.3, -0.25) is 20.1 Å². The maximum absolute atomic E-state index is 15.9. The van der Waals surface area contributed by atoms with Gasteiger partial charge in [0.1, 0.15) is 23.3 Å². The van der Waals surface area contributed by atoms with E-state index in [1.165, 1.54) is 4.90 Å². The molecular formula is C33H38FN7O3. The SMILES string of the molecule is CC(C)(C)OC(=O)Nc1cc(CN2CCC(Oc3ccc(N(c4ncccc4N)[C@@H](F)c4ccccn4)cc3)CC2)ccn1. The van der Waals surface area contributed by atoms with Crippen molar-refractivity contribution >= 4 is 29.1 Å². The van der Waals surface area contributed by atoms with E-state index in [-0.39, 0.29) is 11.8 Å². The predicted molar refractivity (Wildman–Crippen MR) is 168 cm³/mol. The number of nitrogens with one attached hydrogen (secondary N) is 1. The van der Waals surface area contributed by atoms with Crippen molar-refractivity contribution < 1.29 is 18.7 Å². The average molecular weight is 600 g/mol. The van der Waals surface area contributed by atoms with Crippen molar-refractivity contribution in [1.82, 2.24) is 19.9 Å². The third-order valence-corrected chi connectivity index (χ3v) is 7.02. The van der Waals surface area contributed by atoms with Gasteiger partial charge in [-0.1, -0.05) is 6.07 Å². The molecule has 1 aliphatic heterocycles. The smallest absolute Gasteiger partial charge is 0.413 e. The van der Waals surface area contributed by atoms with Crippen molar-refractivity contribution in [1.29, 1.82) is 0 Å². The lowest BCUT2D eigenvalue weighted by Crippen LogP contribution is -2.37. The largest absolute Gasteiger partial charge is 0.490 e. The van der Waals surface area contributed by atoms with Gasteiger partial charge >= 0.3 is 6.09 Å². The van der Waals surface area contributed by atoms with E-state index in [0.29, 0.717) is 28.8 Å². The highest BCUT2D eigenvalue weighted by Crippen LogP contribution is 2.38. The molecule has 10 nitrogen and oxygen atoms in total. The van der Waals surface area contributed by atoms with E-state index in [4.69, 9.17) is 15.2 Å². The molecule has 5 rings (SSSR count). The average Bonchev–Trinajstić information content (AvgIpc) is 3.00. The van der Waals surface area contributed by atoms with Crippen LogP contribution in [-0.2, 0) is 11.3 Å². The lowest BCUT2D eigenvalue weighted by molar-refractivity contribution is 0.0635. The molecule has 0 unspecified atom stereocenters. The number of nitrogens with zero attached hydrogens (tertiary/aromatic N) is 5. The van der Waals surface area contributed by atoms with Gasteiger partial charge in [-0.05, 0) is 99.8 Å². The van der Waals surface area contributed by atoms with Gasteiger partial charge in [-0.2, -0.15) is 0 Å². The molecule has 1 saturated heterocycles. The van der Waals surface area contributed by atoms with E-state index in [1.807, 2.05) is 45.0 Å². The van der Waals surface area contributed by atoms with E-state index in [0.717, 1.165) is 38.0 Å². The van der Waals surface area contributed by atoms with Gasteiger partial charge in [-0.15, -0.1) is 0 Å². The minimum absolute atomic E-state index is 0.0592. The van der Waals surface area contributed by atoms with Crippen molar-refractivity contribution in [2.24, 2.45) is 0 Å². The first-order valence-corrected chi connectivity index (χ1v) is 14.6. The molecule has 0 spiro atoms. The number of alkyl halides is 1. The number of ether oxygens (including phenoxy) is 2. The zero-order valence-corrected chi connectivity index (χ0v) is 25.2. The Balaban J connectivity index is 1.18. The predicted octanol–water partition coefficient (Wildman–Crippen LogP) is 6.65. The minimum atomic E-state index is -1.59. The monoisotopic (exact) mass is 599 g/mol. The molecule has 11 heteroatoms. The van der Waals surface area contributed by atoms with E-state index in [9.17, 15) is 4.79 Å². The number of likely N-dealkylation sites (tertiary alicyclic amines) is 1. The number of benzene rings is 1. The second kappa shape index (κ2) is 13.7. The Morgan fingerprint density at radius 2 is 1.77 bits per heavy atom. The Bertz CT molecular complexity index is 1520. The van der Waals surface area contributed by atoms with Crippen LogP contribution >= 0.6 is 0 Å². The fraction of sp³-hybridized carbons (Fsp3) is 0.333. The number of aromatic nitrogens is 3. The summed E-state index contributed by atoms with van der Waals surface area (Å²) in [7, 11) is 0. The summed E-state index contributed by atoms with van der Waals surface area (Å²) in [5.74, 6) is 1.48. The topological polar surface area (TPSA) is 119 Å². The quantitative estimate of drug-likeness (QED) is 0.204. The van der Waals surface area contributed by atoms with Crippen molar-refractivity contribution in [3.63, 3.8) is 0 Å². The third kappa shape index (κ3) is 8.19. The second-order valence-electron chi connectivity index (χ2n) is 11.6. The summed E-state index contributed by atoms with van der Waals surface area (Å²) in [4.78, 5) is 28.7. The van der Waals surface area contributed by atoms with Crippen molar-refractivity contribution in [3.8, 4) is 5.75 Å². The van der Waals surface area contributed by atoms with Crippen LogP contribution in [0.2, 0.25) is 0 Å². The molecule has 0 saturated carbocycles. The second-order valence-corrected chi connectivity index (χ2v) is 11.6. The Kier molecular flexibility index (Phi) is 9.54. The molecule has 3 aromatic heterocycles. The zero-order valence-electron chi connectivity index (χ0n) is 25.2. The number of nitrogens with two attached hydrogens (primary N) is 1. The summed E-state index contributed by atoms with van der Waals surface area (Å²) in [6, 6.07) is 19.6. The van der Waals surface area contributed by atoms with Gasteiger partial charge in [-0.25, -0.2) is 19.2 Å². The van der Waals surface area contributed by atoms with Gasteiger partial charge in [0, 0.05) is 43.9 Å². The van der Waals surface area contributed by atoms with Crippen molar-refractivity contribution in [2.45, 2.75) is 58.2 Å². The maximum Gasteiger partial charge on any atom is 0.413 e. The molecule has 44 heavy (non-hydrogen) atoms. The van der Waals surface area contributed by atoms with Crippen molar-refractivity contribution in [3.05, 3.63) is 96.6 Å². The number of amides is 1. The lowest BCUT2D eigenvalue weighted by Gasteiger charge is -2.32. The molecule has 1 amide bonds. The first kappa shape index (κ1) is 30.7. The number of pyridine rings is 3. The number of hydrogen-bond acceptors (Lipinski definition) is 9. The number of anilines is 4. The molecule has 0 bridgehead atoms. The normalized spacial score (nSPS) is 14.9. The van der Waals surface area contributed by atoms with Crippen LogP contribution in [0.5, 0.6) is 5.75 Å². The summed E-state index contributed by atoms with van der Waals surface area (Å²) >= 11 is 0. The summed E-state index contributed by atoms with van der Waals surface area (Å²) in [6.45, 7) is 7.91. The number of nitrogen functional groups attached to an aromatic ring is 1. The Hall–Kier alpha value is -4.77. The molecule has 0 aliphatic carbocycles. The van der Waals surface area contributed by atoms with Crippen LogP contribution in [0, 0.1) is 0 Å². The molecule has 0 radical (unpaired) electrons. The fourth-order valence-corrected chi connectivity index (χ4v) is 4.99. The highest BCUT2D eigenvalue weighted by Gasteiger charge is 2.26. The molecule has 1 aromatic carbocycles. The van der Waals surface area contributed by atoms with Crippen LogP contribution in [-0.4, -0.2) is 50.7 Å². The molecule has 1 aliphatic rings. The van der Waals surface area contributed by atoms with Gasteiger partial charge in [0.15, 0.2) is 5.82 Å². The highest BCUT2D eigenvalue weighted by molar-refractivity contribution is 5.83. The molecule has 230 valence electrons. The molecular weight excluding hydrogens is 561 g/mol. The van der Waals surface area contributed by atoms with E-state index in [1.54, 1.807) is 61.1 Å². The van der Waals surface area contributed by atoms with E-state index >= 15 is 4.39 Å². The number of carbonyl (C=O) groups is 1. The lowest BCUT2D eigenvalue weighted by atomic mass is 10.1.